The van der Waals surface area contributed by atoms with Gasteiger partial charge in [0.05, 0.1) is 36.1 Å². The standard InChI is InChI=1S/C37H33BrN2O6S/c1-5-44-34-27(12-9-13-30(34)43-4)33-32(36(42)45-6-2)22(3)39-37-40(33)35(41)31(47-37)20-28-26-11-8-7-10-24(26)16-19-29(28)46-21-23-14-17-25(38)18-15-23/h7-20,33H,5-6,21H2,1-4H3/b31-20+/t33-/m1/s1. The fraction of sp³-hybridized carbons (Fsp3) is 0.216. The monoisotopic (exact) mass is 712 g/mol. The highest BCUT2D eigenvalue weighted by Crippen LogP contribution is 2.41. The number of esters is 1. The first-order valence-electron chi connectivity index (χ1n) is 15.2. The van der Waals surface area contributed by atoms with Gasteiger partial charge in [0.25, 0.3) is 5.56 Å². The molecule has 0 bridgehead atoms. The van der Waals surface area contributed by atoms with Crippen molar-refractivity contribution in [1.82, 2.24) is 4.57 Å². The lowest BCUT2D eigenvalue weighted by molar-refractivity contribution is -0.139. The molecule has 8 nitrogen and oxygen atoms in total. The van der Waals surface area contributed by atoms with E-state index >= 15 is 0 Å². The first-order chi connectivity index (χ1) is 22.8. The van der Waals surface area contributed by atoms with Gasteiger partial charge in [-0.05, 0) is 67.4 Å². The molecule has 0 spiro atoms. The number of halogens is 1. The van der Waals surface area contributed by atoms with Crippen LogP contribution in [-0.2, 0) is 16.1 Å². The smallest absolute Gasteiger partial charge is 0.338 e. The van der Waals surface area contributed by atoms with Crippen molar-refractivity contribution in [2.75, 3.05) is 20.3 Å². The Labute approximate surface area is 284 Å². The summed E-state index contributed by atoms with van der Waals surface area (Å²) >= 11 is 4.74. The van der Waals surface area contributed by atoms with Crippen molar-refractivity contribution >= 4 is 50.1 Å². The van der Waals surface area contributed by atoms with E-state index in [-0.39, 0.29) is 17.7 Å². The fourth-order valence-electron chi connectivity index (χ4n) is 5.72. The Morgan fingerprint density at radius 1 is 0.957 bits per heavy atom. The van der Waals surface area contributed by atoms with Gasteiger partial charge >= 0.3 is 5.97 Å². The van der Waals surface area contributed by atoms with Gasteiger partial charge in [0, 0.05) is 15.6 Å². The minimum atomic E-state index is -0.857. The molecule has 2 heterocycles. The highest BCUT2D eigenvalue weighted by molar-refractivity contribution is 9.10. The number of methoxy groups -OCH3 is 1. The SMILES string of the molecule is CCOC(=O)C1=C(C)N=c2s/c(=C/c3c(OCc4ccc(Br)cc4)ccc4ccccc34)c(=O)n2[C@@H]1c1cccc(OC)c1OCC. The van der Waals surface area contributed by atoms with Crippen LogP contribution in [0.5, 0.6) is 17.2 Å². The van der Waals surface area contributed by atoms with Crippen molar-refractivity contribution in [2.24, 2.45) is 4.99 Å². The first-order valence-corrected chi connectivity index (χ1v) is 16.8. The third kappa shape index (κ3) is 6.35. The van der Waals surface area contributed by atoms with Crippen molar-refractivity contribution in [2.45, 2.75) is 33.4 Å². The quantitative estimate of drug-likeness (QED) is 0.150. The zero-order valence-corrected chi connectivity index (χ0v) is 28.8. The lowest BCUT2D eigenvalue weighted by Gasteiger charge is -2.26. The number of rotatable bonds is 10. The van der Waals surface area contributed by atoms with Crippen LogP contribution in [0.4, 0.5) is 0 Å². The summed E-state index contributed by atoms with van der Waals surface area (Å²) in [7, 11) is 1.56. The van der Waals surface area contributed by atoms with Crippen molar-refractivity contribution in [3.8, 4) is 17.2 Å². The number of fused-ring (bicyclic) bond motifs is 2. The Balaban J connectivity index is 1.56. The molecule has 0 saturated heterocycles. The third-order valence-electron chi connectivity index (χ3n) is 7.84. The van der Waals surface area contributed by atoms with E-state index in [0.29, 0.717) is 51.1 Å². The van der Waals surface area contributed by atoms with Crippen LogP contribution in [0.1, 0.15) is 43.5 Å². The number of hydrogen-bond donors (Lipinski definition) is 0. The van der Waals surface area contributed by atoms with Gasteiger partial charge in [0.1, 0.15) is 18.4 Å². The van der Waals surface area contributed by atoms with Crippen LogP contribution in [0.25, 0.3) is 16.8 Å². The summed E-state index contributed by atoms with van der Waals surface area (Å²) in [5.74, 6) is 1.04. The molecule has 4 aromatic carbocycles. The molecule has 5 aromatic rings. The van der Waals surface area contributed by atoms with Crippen molar-refractivity contribution in [3.05, 3.63) is 131 Å². The number of carbonyl (C=O) groups is 1. The van der Waals surface area contributed by atoms with Gasteiger partial charge in [-0.1, -0.05) is 81.9 Å². The van der Waals surface area contributed by atoms with Gasteiger partial charge < -0.3 is 18.9 Å². The molecule has 1 aromatic heterocycles. The largest absolute Gasteiger partial charge is 0.493 e. The minimum absolute atomic E-state index is 0.174. The molecule has 1 atom stereocenters. The number of ether oxygens (including phenoxy) is 4. The molecule has 0 saturated carbocycles. The predicted octanol–water partition coefficient (Wildman–Crippen LogP) is 6.70. The number of carbonyl (C=O) groups excluding carboxylic acids is 1. The number of benzene rings is 4. The summed E-state index contributed by atoms with van der Waals surface area (Å²) in [6.07, 6.45) is 1.86. The molecular weight excluding hydrogens is 680 g/mol. The summed E-state index contributed by atoms with van der Waals surface area (Å²) in [5, 5.41) is 1.96. The second kappa shape index (κ2) is 14.0. The zero-order valence-electron chi connectivity index (χ0n) is 26.4. The predicted molar refractivity (Wildman–Crippen MR) is 187 cm³/mol. The van der Waals surface area contributed by atoms with Gasteiger partial charge in [0.2, 0.25) is 0 Å². The Hall–Kier alpha value is -4.67. The van der Waals surface area contributed by atoms with Gasteiger partial charge in [-0.2, -0.15) is 0 Å². The van der Waals surface area contributed by atoms with Crippen LogP contribution in [0.3, 0.4) is 0 Å². The second-order valence-electron chi connectivity index (χ2n) is 10.7. The van der Waals surface area contributed by atoms with E-state index in [2.05, 4.69) is 15.9 Å². The van der Waals surface area contributed by atoms with E-state index in [0.717, 1.165) is 26.4 Å². The maximum Gasteiger partial charge on any atom is 0.338 e. The number of nitrogens with zero attached hydrogens (tertiary/aromatic N) is 2. The molecule has 0 N–H and O–H groups in total. The second-order valence-corrected chi connectivity index (χ2v) is 12.7. The lowest BCUT2D eigenvalue weighted by Crippen LogP contribution is -2.40. The Morgan fingerprint density at radius 3 is 2.49 bits per heavy atom. The maximum atomic E-state index is 14.5. The summed E-state index contributed by atoms with van der Waals surface area (Å²) in [6.45, 7) is 6.26. The normalized spacial score (nSPS) is 14.5. The molecule has 47 heavy (non-hydrogen) atoms. The van der Waals surface area contributed by atoms with Gasteiger partial charge in [0.15, 0.2) is 16.3 Å². The number of allylic oxidation sites excluding steroid dienone is 1. The van der Waals surface area contributed by atoms with E-state index in [4.69, 9.17) is 23.9 Å². The molecule has 0 fully saturated rings. The molecule has 0 amide bonds. The summed E-state index contributed by atoms with van der Waals surface area (Å²) in [5.41, 5.74) is 2.82. The highest BCUT2D eigenvalue weighted by Gasteiger charge is 2.36. The van der Waals surface area contributed by atoms with Crippen molar-refractivity contribution in [3.63, 3.8) is 0 Å². The topological polar surface area (TPSA) is 88.4 Å². The summed E-state index contributed by atoms with van der Waals surface area (Å²) < 4.78 is 26.5. The molecule has 10 heteroatoms. The molecule has 0 aliphatic carbocycles. The van der Waals surface area contributed by atoms with Crippen LogP contribution >= 0.6 is 27.3 Å². The minimum Gasteiger partial charge on any atom is -0.493 e. The molecule has 1 aliphatic heterocycles. The molecular formula is C37H33BrN2O6S. The van der Waals surface area contributed by atoms with Gasteiger partial charge in [-0.15, -0.1) is 0 Å². The lowest BCUT2D eigenvalue weighted by atomic mass is 9.94. The summed E-state index contributed by atoms with van der Waals surface area (Å²) in [4.78, 5) is 33.2. The van der Waals surface area contributed by atoms with Crippen LogP contribution in [-0.4, -0.2) is 30.9 Å². The van der Waals surface area contributed by atoms with E-state index in [1.54, 1.807) is 31.6 Å². The molecule has 240 valence electrons. The molecule has 0 radical (unpaired) electrons. The van der Waals surface area contributed by atoms with E-state index in [1.807, 2.05) is 85.8 Å². The van der Waals surface area contributed by atoms with Crippen LogP contribution in [0.2, 0.25) is 0 Å². The Kier molecular flexibility index (Phi) is 9.60. The third-order valence-corrected chi connectivity index (χ3v) is 9.35. The van der Waals surface area contributed by atoms with E-state index in [9.17, 15) is 9.59 Å². The van der Waals surface area contributed by atoms with Crippen LogP contribution < -0.4 is 29.1 Å². The van der Waals surface area contributed by atoms with E-state index in [1.165, 1.54) is 11.3 Å². The fourth-order valence-corrected chi connectivity index (χ4v) is 7.01. The highest BCUT2D eigenvalue weighted by atomic mass is 79.9. The van der Waals surface area contributed by atoms with Crippen molar-refractivity contribution < 1.29 is 23.7 Å². The molecule has 1 aliphatic rings. The number of thiazole rings is 1. The molecule has 6 rings (SSSR count). The number of aromatic nitrogens is 1. The first kappa shape index (κ1) is 32.3. The maximum absolute atomic E-state index is 14.5. The van der Waals surface area contributed by atoms with Gasteiger partial charge in [-0.3, -0.25) is 9.36 Å². The molecule has 0 unspecified atom stereocenters. The van der Waals surface area contributed by atoms with Crippen LogP contribution in [0.15, 0.2) is 104 Å². The van der Waals surface area contributed by atoms with Gasteiger partial charge in [-0.25, -0.2) is 9.79 Å². The zero-order chi connectivity index (χ0) is 33.1. The van der Waals surface area contributed by atoms with E-state index < -0.39 is 12.0 Å². The number of para-hydroxylation sites is 1. The average molecular weight is 714 g/mol. The Morgan fingerprint density at radius 2 is 1.74 bits per heavy atom. The summed E-state index contributed by atoms with van der Waals surface area (Å²) in [6, 6.07) is 24.5. The number of hydrogen-bond acceptors (Lipinski definition) is 8. The van der Waals surface area contributed by atoms with Crippen molar-refractivity contribution in [1.29, 1.82) is 0 Å². The Bertz CT molecular complexity index is 2190. The van der Waals surface area contributed by atoms with Crippen LogP contribution in [0, 0.1) is 0 Å². The average Bonchev–Trinajstić information content (AvgIpc) is 3.38.